The van der Waals surface area contributed by atoms with Gasteiger partial charge in [-0.25, -0.2) is 4.98 Å². The van der Waals surface area contributed by atoms with Gasteiger partial charge in [0.1, 0.15) is 5.69 Å². The summed E-state index contributed by atoms with van der Waals surface area (Å²) < 4.78 is 37.6. The van der Waals surface area contributed by atoms with Crippen molar-refractivity contribution >= 4 is 11.6 Å². The van der Waals surface area contributed by atoms with Crippen LogP contribution in [-0.2, 0) is 12.1 Å². The van der Waals surface area contributed by atoms with E-state index in [1.54, 1.807) is 24.5 Å². The topological polar surface area (TPSA) is 25.8 Å². The molecule has 0 atom stereocenters. The number of hydrogen-bond acceptors (Lipinski definition) is 2. The molecule has 0 bridgehead atoms. The van der Waals surface area contributed by atoms with Crippen molar-refractivity contribution in [2.45, 2.75) is 12.1 Å². The van der Waals surface area contributed by atoms with E-state index in [-0.39, 0.29) is 11.6 Å². The number of alkyl halides is 4. The van der Waals surface area contributed by atoms with Crippen LogP contribution in [-0.4, -0.2) is 9.97 Å². The van der Waals surface area contributed by atoms with Gasteiger partial charge in [-0.1, -0.05) is 6.07 Å². The normalized spacial score (nSPS) is 11.6. The Morgan fingerprint density at radius 2 is 1.72 bits per heavy atom. The molecule has 0 unspecified atom stereocenters. The predicted octanol–water partition coefficient (Wildman–Crippen LogP) is 3.90. The molecule has 0 aliphatic rings. The van der Waals surface area contributed by atoms with E-state index in [4.69, 9.17) is 11.6 Å². The lowest BCUT2D eigenvalue weighted by Gasteiger charge is -2.11. The molecule has 0 aliphatic heterocycles. The Bertz CT molecular complexity index is 541. The van der Waals surface area contributed by atoms with Crippen molar-refractivity contribution in [1.82, 2.24) is 9.97 Å². The van der Waals surface area contributed by atoms with Crippen LogP contribution >= 0.6 is 11.6 Å². The second kappa shape index (κ2) is 4.94. The van der Waals surface area contributed by atoms with E-state index in [2.05, 4.69) is 9.97 Å². The second-order valence-electron chi connectivity index (χ2n) is 3.56. The highest BCUT2D eigenvalue weighted by molar-refractivity contribution is 6.17. The summed E-state index contributed by atoms with van der Waals surface area (Å²) in [6, 6.07) is 5.72. The monoisotopic (exact) mass is 272 g/mol. The highest BCUT2D eigenvalue weighted by atomic mass is 35.5. The van der Waals surface area contributed by atoms with Crippen LogP contribution in [0.5, 0.6) is 0 Å². The molecule has 2 aromatic rings. The quantitative estimate of drug-likeness (QED) is 0.775. The maximum atomic E-state index is 12.5. The molecule has 2 heterocycles. The lowest BCUT2D eigenvalue weighted by atomic mass is 10.1. The lowest BCUT2D eigenvalue weighted by molar-refractivity contribution is -0.141. The Balaban J connectivity index is 2.51. The maximum absolute atomic E-state index is 12.5. The fraction of sp³-hybridized carbons (Fsp3) is 0.167. The molecule has 0 saturated heterocycles. The van der Waals surface area contributed by atoms with Crippen LogP contribution in [0, 0.1) is 0 Å². The summed E-state index contributed by atoms with van der Waals surface area (Å²) in [4.78, 5) is 7.41. The summed E-state index contributed by atoms with van der Waals surface area (Å²) >= 11 is 5.66. The molecular formula is C12H8ClF3N2. The van der Waals surface area contributed by atoms with E-state index >= 15 is 0 Å². The third-order valence-corrected chi connectivity index (χ3v) is 2.64. The third kappa shape index (κ3) is 2.61. The number of aromatic nitrogens is 2. The number of pyridine rings is 2. The van der Waals surface area contributed by atoms with E-state index in [0.29, 0.717) is 5.56 Å². The van der Waals surface area contributed by atoms with Crippen LogP contribution in [0.2, 0.25) is 0 Å². The zero-order chi connectivity index (χ0) is 13.2. The summed E-state index contributed by atoms with van der Waals surface area (Å²) in [6.45, 7) is 0. The van der Waals surface area contributed by atoms with E-state index in [9.17, 15) is 13.2 Å². The molecule has 0 radical (unpaired) electrons. The van der Waals surface area contributed by atoms with Crippen LogP contribution in [0.1, 0.15) is 11.4 Å². The van der Waals surface area contributed by atoms with Gasteiger partial charge in [0.05, 0.1) is 11.6 Å². The summed E-state index contributed by atoms with van der Waals surface area (Å²) in [5, 5.41) is 0. The average molecular weight is 273 g/mol. The first-order valence-corrected chi connectivity index (χ1v) is 5.59. The van der Waals surface area contributed by atoms with Crippen LogP contribution in [0.3, 0.4) is 0 Å². The molecule has 0 aliphatic carbocycles. The minimum Gasteiger partial charge on any atom is -0.265 e. The van der Waals surface area contributed by atoms with Crippen molar-refractivity contribution < 1.29 is 13.2 Å². The van der Waals surface area contributed by atoms with Gasteiger partial charge in [0.2, 0.25) is 0 Å². The summed E-state index contributed by atoms with van der Waals surface area (Å²) in [5.41, 5.74) is 0.593. The molecule has 0 aromatic carbocycles. The standard InChI is InChI=1S/C12H8ClF3N2/c13-7-10-9(8-3-5-17-6-4-8)1-2-11(18-10)12(14,15)16/h1-6H,7H2. The van der Waals surface area contributed by atoms with Crippen LogP contribution in [0.15, 0.2) is 36.7 Å². The Labute approximate surface area is 106 Å². The van der Waals surface area contributed by atoms with Gasteiger partial charge in [0.15, 0.2) is 0 Å². The van der Waals surface area contributed by atoms with Crippen molar-refractivity contribution in [2.75, 3.05) is 0 Å². The minimum atomic E-state index is -4.46. The van der Waals surface area contributed by atoms with Crippen molar-refractivity contribution in [3.05, 3.63) is 48.0 Å². The van der Waals surface area contributed by atoms with Crippen molar-refractivity contribution in [1.29, 1.82) is 0 Å². The number of hydrogen-bond donors (Lipinski definition) is 0. The maximum Gasteiger partial charge on any atom is 0.433 e. The number of halogens is 4. The largest absolute Gasteiger partial charge is 0.433 e. The first kappa shape index (κ1) is 12.8. The van der Waals surface area contributed by atoms with E-state index in [1.165, 1.54) is 6.07 Å². The van der Waals surface area contributed by atoms with E-state index in [1.807, 2.05) is 0 Å². The Morgan fingerprint density at radius 1 is 1.06 bits per heavy atom. The molecular weight excluding hydrogens is 265 g/mol. The molecule has 0 fully saturated rings. The highest BCUT2D eigenvalue weighted by Crippen LogP contribution is 2.31. The first-order valence-electron chi connectivity index (χ1n) is 5.06. The van der Waals surface area contributed by atoms with Gasteiger partial charge in [-0.3, -0.25) is 4.98 Å². The lowest BCUT2D eigenvalue weighted by Crippen LogP contribution is -2.09. The van der Waals surface area contributed by atoms with E-state index in [0.717, 1.165) is 11.6 Å². The molecule has 6 heteroatoms. The SMILES string of the molecule is FC(F)(F)c1ccc(-c2ccncc2)c(CCl)n1. The molecule has 2 nitrogen and oxygen atoms in total. The molecule has 0 spiro atoms. The molecule has 0 N–H and O–H groups in total. The van der Waals surface area contributed by atoms with Gasteiger partial charge in [-0.2, -0.15) is 13.2 Å². The molecule has 18 heavy (non-hydrogen) atoms. The third-order valence-electron chi connectivity index (χ3n) is 2.38. The molecule has 2 aromatic heterocycles. The molecule has 0 amide bonds. The Morgan fingerprint density at radius 3 is 2.28 bits per heavy atom. The average Bonchev–Trinajstić information content (AvgIpc) is 2.38. The zero-order valence-electron chi connectivity index (χ0n) is 9.08. The zero-order valence-corrected chi connectivity index (χ0v) is 9.83. The first-order chi connectivity index (χ1) is 8.52. The van der Waals surface area contributed by atoms with Gasteiger partial charge >= 0.3 is 6.18 Å². The second-order valence-corrected chi connectivity index (χ2v) is 3.83. The summed E-state index contributed by atoms with van der Waals surface area (Å²) in [5.74, 6) is -0.0818. The fourth-order valence-electron chi connectivity index (χ4n) is 1.56. The van der Waals surface area contributed by atoms with Crippen molar-refractivity contribution in [3.63, 3.8) is 0 Å². The Hall–Kier alpha value is -1.62. The van der Waals surface area contributed by atoms with Gasteiger partial charge < -0.3 is 0 Å². The fourth-order valence-corrected chi connectivity index (χ4v) is 1.76. The van der Waals surface area contributed by atoms with Crippen LogP contribution in [0.4, 0.5) is 13.2 Å². The highest BCUT2D eigenvalue weighted by Gasteiger charge is 2.32. The van der Waals surface area contributed by atoms with Gasteiger partial charge in [-0.05, 0) is 23.8 Å². The Kier molecular flexibility index (Phi) is 3.52. The summed E-state index contributed by atoms with van der Waals surface area (Å²) in [7, 11) is 0. The smallest absolute Gasteiger partial charge is 0.265 e. The van der Waals surface area contributed by atoms with Gasteiger partial charge in [0.25, 0.3) is 0 Å². The summed E-state index contributed by atoms with van der Waals surface area (Å²) in [6.07, 6.45) is -1.34. The molecule has 0 saturated carbocycles. The van der Waals surface area contributed by atoms with Crippen LogP contribution in [0.25, 0.3) is 11.1 Å². The van der Waals surface area contributed by atoms with E-state index < -0.39 is 11.9 Å². The van der Waals surface area contributed by atoms with Gasteiger partial charge in [-0.15, -0.1) is 11.6 Å². The minimum absolute atomic E-state index is 0.0818. The van der Waals surface area contributed by atoms with Crippen molar-refractivity contribution in [3.8, 4) is 11.1 Å². The van der Waals surface area contributed by atoms with Crippen molar-refractivity contribution in [2.24, 2.45) is 0 Å². The number of nitrogens with zero attached hydrogens (tertiary/aromatic N) is 2. The number of rotatable bonds is 2. The van der Waals surface area contributed by atoms with Gasteiger partial charge in [0, 0.05) is 18.0 Å². The van der Waals surface area contributed by atoms with Crippen LogP contribution < -0.4 is 0 Å². The molecule has 94 valence electrons. The predicted molar refractivity (Wildman–Crippen MR) is 62.0 cm³/mol. The molecule has 2 rings (SSSR count).